The summed E-state index contributed by atoms with van der Waals surface area (Å²) in [5, 5.41) is 0. The van der Waals surface area contributed by atoms with Gasteiger partial charge in [0.05, 0.1) is 0 Å². The number of hydrogen-bond donors (Lipinski definition) is 0. The number of esters is 1. The van der Waals surface area contributed by atoms with Crippen LogP contribution in [0.15, 0.2) is 36.4 Å². The van der Waals surface area contributed by atoms with Crippen LogP contribution in [0.1, 0.15) is 96.5 Å². The summed E-state index contributed by atoms with van der Waals surface area (Å²) in [6.45, 7) is 7.48. The molecular weight excluding hydrogens is 348 g/mol. The van der Waals surface area contributed by atoms with Gasteiger partial charge in [-0.2, -0.15) is 0 Å². The lowest BCUT2D eigenvalue weighted by Crippen LogP contribution is -2.10. The molecule has 0 atom stereocenters. The fraction of sp³-hybridized carbons (Fsp3) is 0.600. The first kappa shape index (κ1) is 24.1. The monoisotopic (exact) mass is 386 g/mol. The summed E-state index contributed by atoms with van der Waals surface area (Å²) in [6.07, 6.45) is 14.5. The van der Waals surface area contributed by atoms with Crippen molar-refractivity contribution in [1.82, 2.24) is 0 Å². The van der Waals surface area contributed by atoms with Gasteiger partial charge in [-0.15, -0.1) is 0 Å². The maximum absolute atomic E-state index is 12.2. The molecule has 1 aromatic carbocycles. The number of hydrogen-bond acceptors (Lipinski definition) is 3. The van der Waals surface area contributed by atoms with Crippen molar-refractivity contribution in [1.29, 1.82) is 0 Å². The Balaban J connectivity index is 2.17. The number of aryl methyl sites for hydroxylation is 1. The third kappa shape index (κ3) is 11.1. The lowest BCUT2D eigenvalue weighted by atomic mass is 10.0. The fourth-order valence-electron chi connectivity index (χ4n) is 3.21. The molecule has 0 radical (unpaired) electrons. The SMILES string of the molecule is C=C(C)C(=O)Oc1ccccc1CCC(=O)CCCCCCCCCCCC. The first-order chi connectivity index (χ1) is 13.5. The predicted octanol–water partition coefficient (Wildman–Crippen LogP) is 6.98. The van der Waals surface area contributed by atoms with Crippen LogP contribution in [0.25, 0.3) is 0 Å². The van der Waals surface area contributed by atoms with Gasteiger partial charge in [-0.3, -0.25) is 4.79 Å². The number of unbranched alkanes of at least 4 members (excludes halogenated alkanes) is 9. The highest BCUT2D eigenvalue weighted by Gasteiger charge is 2.11. The Morgan fingerprint density at radius 1 is 0.857 bits per heavy atom. The van der Waals surface area contributed by atoms with Crippen LogP contribution in [0.4, 0.5) is 0 Å². The van der Waals surface area contributed by atoms with Crippen molar-refractivity contribution in [2.45, 2.75) is 97.3 Å². The number of rotatable bonds is 16. The summed E-state index contributed by atoms with van der Waals surface area (Å²) < 4.78 is 5.36. The molecular formula is C25H38O3. The zero-order chi connectivity index (χ0) is 20.6. The second kappa shape index (κ2) is 15.1. The molecule has 0 bridgehead atoms. The van der Waals surface area contributed by atoms with Crippen molar-refractivity contribution in [2.75, 3.05) is 0 Å². The Morgan fingerprint density at radius 3 is 2.04 bits per heavy atom. The summed E-state index contributed by atoms with van der Waals surface area (Å²) in [7, 11) is 0. The van der Waals surface area contributed by atoms with E-state index in [0.717, 1.165) is 18.4 Å². The summed E-state index contributed by atoms with van der Waals surface area (Å²) in [4.78, 5) is 23.9. The van der Waals surface area contributed by atoms with E-state index in [-0.39, 0.29) is 0 Å². The molecule has 0 N–H and O–H groups in total. The van der Waals surface area contributed by atoms with Crippen molar-refractivity contribution >= 4 is 11.8 Å². The van der Waals surface area contributed by atoms with E-state index in [1.54, 1.807) is 13.0 Å². The first-order valence-corrected chi connectivity index (χ1v) is 11.0. The number of Topliss-reactive ketones (excluding diaryl/α,β-unsaturated/α-hetero) is 1. The quantitative estimate of drug-likeness (QED) is 0.133. The van der Waals surface area contributed by atoms with Crippen molar-refractivity contribution < 1.29 is 14.3 Å². The van der Waals surface area contributed by atoms with E-state index in [0.29, 0.717) is 36.4 Å². The molecule has 3 heteroatoms. The smallest absolute Gasteiger partial charge is 0.338 e. The molecule has 3 nitrogen and oxygen atoms in total. The van der Waals surface area contributed by atoms with Gasteiger partial charge in [0, 0.05) is 18.4 Å². The summed E-state index contributed by atoms with van der Waals surface area (Å²) in [5.41, 5.74) is 1.26. The van der Waals surface area contributed by atoms with E-state index in [4.69, 9.17) is 4.74 Å². The number of ether oxygens (including phenoxy) is 1. The second-order valence-electron chi connectivity index (χ2n) is 7.75. The number of carbonyl (C=O) groups is 2. The van der Waals surface area contributed by atoms with E-state index in [9.17, 15) is 9.59 Å². The molecule has 28 heavy (non-hydrogen) atoms. The molecule has 0 fully saturated rings. The van der Waals surface area contributed by atoms with Crippen LogP contribution >= 0.6 is 0 Å². The first-order valence-electron chi connectivity index (χ1n) is 11.0. The van der Waals surface area contributed by atoms with E-state index >= 15 is 0 Å². The molecule has 0 unspecified atom stereocenters. The summed E-state index contributed by atoms with van der Waals surface area (Å²) in [6, 6.07) is 7.41. The Kier molecular flexibility index (Phi) is 13.0. The van der Waals surface area contributed by atoms with E-state index < -0.39 is 5.97 Å². The number of carbonyl (C=O) groups excluding carboxylic acids is 2. The van der Waals surface area contributed by atoms with Crippen LogP contribution < -0.4 is 4.74 Å². The predicted molar refractivity (Wildman–Crippen MR) is 117 cm³/mol. The van der Waals surface area contributed by atoms with Gasteiger partial charge in [-0.05, 0) is 31.4 Å². The third-order valence-electron chi connectivity index (χ3n) is 5.01. The zero-order valence-electron chi connectivity index (χ0n) is 17.9. The number of benzene rings is 1. The van der Waals surface area contributed by atoms with Gasteiger partial charge in [-0.25, -0.2) is 4.79 Å². The van der Waals surface area contributed by atoms with E-state index in [1.165, 1.54) is 51.4 Å². The zero-order valence-corrected chi connectivity index (χ0v) is 17.9. The maximum atomic E-state index is 12.2. The summed E-state index contributed by atoms with van der Waals surface area (Å²) >= 11 is 0. The minimum Gasteiger partial charge on any atom is -0.423 e. The van der Waals surface area contributed by atoms with Gasteiger partial charge >= 0.3 is 5.97 Å². The average molecular weight is 387 g/mol. The molecule has 0 aliphatic carbocycles. The van der Waals surface area contributed by atoms with E-state index in [1.807, 2.05) is 18.2 Å². The lowest BCUT2D eigenvalue weighted by Gasteiger charge is -2.09. The van der Waals surface area contributed by atoms with Gasteiger partial charge in [0.1, 0.15) is 11.5 Å². The minimum atomic E-state index is -0.427. The topological polar surface area (TPSA) is 43.4 Å². The van der Waals surface area contributed by atoms with Gasteiger partial charge in [0.25, 0.3) is 0 Å². The average Bonchev–Trinajstić information content (AvgIpc) is 2.68. The third-order valence-corrected chi connectivity index (χ3v) is 5.01. The largest absolute Gasteiger partial charge is 0.423 e. The Bertz CT molecular complexity index is 604. The Morgan fingerprint density at radius 2 is 1.43 bits per heavy atom. The van der Waals surface area contributed by atoms with Gasteiger partial charge in [0.15, 0.2) is 0 Å². The van der Waals surface area contributed by atoms with Crippen LogP contribution in [0.2, 0.25) is 0 Å². The van der Waals surface area contributed by atoms with Gasteiger partial charge < -0.3 is 4.74 Å². The minimum absolute atomic E-state index is 0.292. The number of ketones is 1. The standard InChI is InChI=1S/C25H38O3/c1-4-5-6-7-8-9-10-11-12-13-17-23(26)20-19-22-16-14-15-18-24(22)28-25(27)21(2)3/h14-16,18H,2,4-13,17,19-20H2,1,3H3. The van der Waals surface area contributed by atoms with Crippen molar-refractivity contribution in [3.05, 3.63) is 42.0 Å². The van der Waals surface area contributed by atoms with Gasteiger partial charge in [-0.1, -0.05) is 89.5 Å². The molecule has 0 amide bonds. The molecule has 0 saturated carbocycles. The van der Waals surface area contributed by atoms with Crippen molar-refractivity contribution in [3.63, 3.8) is 0 Å². The number of para-hydroxylation sites is 1. The highest BCUT2D eigenvalue weighted by molar-refractivity contribution is 5.89. The highest BCUT2D eigenvalue weighted by Crippen LogP contribution is 2.21. The van der Waals surface area contributed by atoms with Crippen molar-refractivity contribution in [3.8, 4) is 5.75 Å². The lowest BCUT2D eigenvalue weighted by molar-refractivity contribution is -0.130. The molecule has 0 aromatic heterocycles. The summed E-state index contributed by atoms with van der Waals surface area (Å²) in [5.74, 6) is 0.395. The van der Waals surface area contributed by atoms with Crippen LogP contribution in [0, 0.1) is 0 Å². The fourth-order valence-corrected chi connectivity index (χ4v) is 3.21. The van der Waals surface area contributed by atoms with E-state index in [2.05, 4.69) is 13.5 Å². The molecule has 0 aliphatic heterocycles. The Hall–Kier alpha value is -1.90. The highest BCUT2D eigenvalue weighted by atomic mass is 16.5. The normalized spacial score (nSPS) is 10.6. The molecule has 1 aromatic rings. The molecule has 1 rings (SSSR count). The van der Waals surface area contributed by atoms with Crippen LogP contribution in [-0.4, -0.2) is 11.8 Å². The van der Waals surface area contributed by atoms with Gasteiger partial charge in [0.2, 0.25) is 0 Å². The molecule has 0 aliphatic rings. The molecule has 0 saturated heterocycles. The molecule has 0 spiro atoms. The van der Waals surface area contributed by atoms with Crippen LogP contribution in [0.5, 0.6) is 5.75 Å². The second-order valence-corrected chi connectivity index (χ2v) is 7.75. The van der Waals surface area contributed by atoms with Crippen molar-refractivity contribution in [2.24, 2.45) is 0 Å². The van der Waals surface area contributed by atoms with Crippen LogP contribution in [0.3, 0.4) is 0 Å². The Labute approximate surface area is 171 Å². The van der Waals surface area contributed by atoms with Crippen LogP contribution in [-0.2, 0) is 16.0 Å². The molecule has 0 heterocycles. The molecule has 156 valence electrons. The maximum Gasteiger partial charge on any atom is 0.338 e.